The van der Waals surface area contributed by atoms with Crippen molar-refractivity contribution in [3.8, 4) is 0 Å². The van der Waals surface area contributed by atoms with Crippen LogP contribution in [0.25, 0.3) is 0 Å². The molecule has 3 N–H and O–H groups in total. The molecule has 5 nitrogen and oxygen atoms in total. The minimum atomic E-state index is -0.755. The van der Waals surface area contributed by atoms with Gasteiger partial charge in [0.2, 0.25) is 0 Å². The average Bonchev–Trinajstić information content (AvgIpc) is 2.35. The third kappa shape index (κ3) is 3.94. The van der Waals surface area contributed by atoms with E-state index in [2.05, 4.69) is 4.90 Å². The molecule has 0 bridgehead atoms. The van der Waals surface area contributed by atoms with Crippen LogP contribution in [0.1, 0.15) is 26.2 Å². The molecule has 1 aliphatic rings. The van der Waals surface area contributed by atoms with E-state index in [4.69, 9.17) is 10.5 Å². The summed E-state index contributed by atoms with van der Waals surface area (Å²) in [4.78, 5) is 13.6. The van der Waals surface area contributed by atoms with E-state index in [-0.39, 0.29) is 6.54 Å². The fourth-order valence-corrected chi connectivity index (χ4v) is 2.31. The highest BCUT2D eigenvalue weighted by Gasteiger charge is 2.36. The molecule has 0 aliphatic carbocycles. The van der Waals surface area contributed by atoms with E-state index in [1.54, 1.807) is 0 Å². The lowest BCUT2D eigenvalue weighted by atomic mass is 9.80. The van der Waals surface area contributed by atoms with E-state index in [9.17, 15) is 9.90 Å². The van der Waals surface area contributed by atoms with Crippen LogP contribution in [0.15, 0.2) is 0 Å². The summed E-state index contributed by atoms with van der Waals surface area (Å²) in [5, 5.41) is 9.36. The van der Waals surface area contributed by atoms with Crippen molar-refractivity contribution in [3.05, 3.63) is 0 Å². The number of nitrogens with zero attached hydrogens (tertiary/aromatic N) is 1. The lowest BCUT2D eigenvalue weighted by Crippen LogP contribution is -2.44. The highest BCUT2D eigenvalue weighted by atomic mass is 16.5. The lowest BCUT2D eigenvalue weighted by Gasteiger charge is -2.32. The maximum absolute atomic E-state index is 11.4. The molecule has 0 aromatic carbocycles. The minimum Gasteiger partial charge on any atom is -0.481 e. The summed E-state index contributed by atoms with van der Waals surface area (Å²) < 4.78 is 5.27. The van der Waals surface area contributed by atoms with Crippen molar-refractivity contribution in [2.24, 2.45) is 11.1 Å². The molecule has 5 heteroatoms. The van der Waals surface area contributed by atoms with Crippen molar-refractivity contribution in [1.82, 2.24) is 4.90 Å². The quantitative estimate of drug-likeness (QED) is 0.683. The smallest absolute Gasteiger partial charge is 0.310 e. The molecule has 0 amide bonds. The van der Waals surface area contributed by atoms with Gasteiger partial charge in [-0.2, -0.15) is 0 Å². The fraction of sp³-hybridized carbons (Fsp3) is 0.917. The molecule has 1 unspecified atom stereocenters. The number of carbonyl (C=O) groups is 1. The van der Waals surface area contributed by atoms with Gasteiger partial charge in [-0.05, 0) is 19.4 Å². The average molecular weight is 244 g/mol. The number of ether oxygens (including phenoxy) is 1. The van der Waals surface area contributed by atoms with Gasteiger partial charge in [-0.25, -0.2) is 0 Å². The van der Waals surface area contributed by atoms with Gasteiger partial charge in [-0.15, -0.1) is 0 Å². The van der Waals surface area contributed by atoms with Crippen LogP contribution < -0.4 is 5.73 Å². The van der Waals surface area contributed by atoms with Crippen molar-refractivity contribution in [3.63, 3.8) is 0 Å². The largest absolute Gasteiger partial charge is 0.481 e. The van der Waals surface area contributed by atoms with Gasteiger partial charge in [0.25, 0.3) is 0 Å². The molecule has 1 rings (SSSR count). The summed E-state index contributed by atoms with van der Waals surface area (Å²) in [7, 11) is 0. The van der Waals surface area contributed by atoms with Crippen molar-refractivity contribution in [1.29, 1.82) is 0 Å². The molecule has 0 aromatic heterocycles. The molecule has 1 atom stereocenters. The predicted octanol–water partition coefficient (Wildman–Crippen LogP) is 0.539. The minimum absolute atomic E-state index is 0.223. The van der Waals surface area contributed by atoms with Crippen LogP contribution in [0.2, 0.25) is 0 Å². The summed E-state index contributed by atoms with van der Waals surface area (Å²) in [6.07, 6.45) is 2.14. The monoisotopic (exact) mass is 244 g/mol. The van der Waals surface area contributed by atoms with E-state index in [0.717, 1.165) is 39.3 Å². The Hall–Kier alpha value is -0.650. The molecule has 0 aromatic rings. The number of hydrogen-bond acceptors (Lipinski definition) is 4. The standard InChI is InChI=1S/C12H24N2O3/c1-2-3-12(10-13,11(15)16)4-5-14-6-8-17-9-7-14/h2-10,13H2,1H3,(H,15,16). The first-order valence-corrected chi connectivity index (χ1v) is 6.38. The number of carboxylic acid groups (broad SMARTS) is 1. The zero-order valence-electron chi connectivity index (χ0n) is 10.7. The fourth-order valence-electron chi connectivity index (χ4n) is 2.31. The van der Waals surface area contributed by atoms with Crippen LogP contribution >= 0.6 is 0 Å². The highest BCUT2D eigenvalue weighted by Crippen LogP contribution is 2.28. The molecule has 17 heavy (non-hydrogen) atoms. The summed E-state index contributed by atoms with van der Waals surface area (Å²) in [6.45, 7) is 6.31. The topological polar surface area (TPSA) is 75.8 Å². The second-order valence-electron chi connectivity index (χ2n) is 4.74. The van der Waals surface area contributed by atoms with E-state index >= 15 is 0 Å². The van der Waals surface area contributed by atoms with Gasteiger partial charge in [-0.1, -0.05) is 13.3 Å². The summed E-state index contributed by atoms with van der Waals surface area (Å²) in [5.74, 6) is -0.755. The first kappa shape index (κ1) is 14.4. The molecule has 1 fully saturated rings. The van der Waals surface area contributed by atoms with Gasteiger partial charge in [0.1, 0.15) is 0 Å². The van der Waals surface area contributed by atoms with Crippen molar-refractivity contribution < 1.29 is 14.6 Å². The van der Waals surface area contributed by atoms with Crippen LogP contribution in [0.3, 0.4) is 0 Å². The Balaban J connectivity index is 2.50. The number of rotatable bonds is 7. The van der Waals surface area contributed by atoms with Gasteiger partial charge in [0, 0.05) is 19.6 Å². The van der Waals surface area contributed by atoms with Gasteiger partial charge in [0.15, 0.2) is 0 Å². The van der Waals surface area contributed by atoms with Gasteiger partial charge >= 0.3 is 5.97 Å². The number of carboxylic acids is 1. The first-order chi connectivity index (χ1) is 8.14. The maximum Gasteiger partial charge on any atom is 0.310 e. The Kier molecular flexibility index (Phi) is 5.88. The summed E-state index contributed by atoms with van der Waals surface area (Å²) in [6, 6.07) is 0. The molecule has 1 aliphatic heterocycles. The van der Waals surface area contributed by atoms with Crippen LogP contribution in [0.5, 0.6) is 0 Å². The molecule has 0 radical (unpaired) electrons. The lowest BCUT2D eigenvalue weighted by molar-refractivity contribution is -0.149. The van der Waals surface area contributed by atoms with Gasteiger partial charge in [-0.3, -0.25) is 9.69 Å². The third-order valence-corrected chi connectivity index (χ3v) is 3.58. The van der Waals surface area contributed by atoms with E-state index in [1.165, 1.54) is 0 Å². The number of hydrogen-bond donors (Lipinski definition) is 2. The molecule has 100 valence electrons. The summed E-state index contributed by atoms with van der Waals surface area (Å²) in [5.41, 5.74) is 4.94. The Morgan fingerprint density at radius 2 is 2.06 bits per heavy atom. The molecule has 1 saturated heterocycles. The second kappa shape index (κ2) is 6.93. The van der Waals surface area contributed by atoms with E-state index in [0.29, 0.717) is 12.8 Å². The Bertz CT molecular complexity index is 242. The molecule has 1 heterocycles. The normalized spacial score (nSPS) is 21.1. The molecule has 0 saturated carbocycles. The molecular formula is C12H24N2O3. The van der Waals surface area contributed by atoms with Crippen molar-refractivity contribution in [2.45, 2.75) is 26.2 Å². The van der Waals surface area contributed by atoms with E-state index in [1.807, 2.05) is 6.92 Å². The third-order valence-electron chi connectivity index (χ3n) is 3.58. The first-order valence-electron chi connectivity index (χ1n) is 6.38. The van der Waals surface area contributed by atoms with Crippen molar-refractivity contribution >= 4 is 5.97 Å². The highest BCUT2D eigenvalue weighted by molar-refractivity contribution is 5.74. The number of morpholine rings is 1. The maximum atomic E-state index is 11.4. The Morgan fingerprint density at radius 3 is 2.53 bits per heavy atom. The van der Waals surface area contributed by atoms with Crippen LogP contribution in [0.4, 0.5) is 0 Å². The predicted molar refractivity (Wildman–Crippen MR) is 65.9 cm³/mol. The zero-order chi connectivity index (χ0) is 12.7. The Morgan fingerprint density at radius 1 is 1.41 bits per heavy atom. The summed E-state index contributed by atoms with van der Waals surface area (Å²) >= 11 is 0. The van der Waals surface area contributed by atoms with E-state index < -0.39 is 11.4 Å². The van der Waals surface area contributed by atoms with Gasteiger partial charge in [0.05, 0.1) is 18.6 Å². The molecule has 0 spiro atoms. The second-order valence-corrected chi connectivity index (χ2v) is 4.74. The zero-order valence-corrected chi connectivity index (χ0v) is 10.7. The van der Waals surface area contributed by atoms with Crippen LogP contribution in [-0.4, -0.2) is 55.4 Å². The van der Waals surface area contributed by atoms with Crippen LogP contribution in [0, 0.1) is 5.41 Å². The van der Waals surface area contributed by atoms with Gasteiger partial charge < -0.3 is 15.6 Å². The number of aliphatic carboxylic acids is 1. The Labute approximate surface area is 103 Å². The van der Waals surface area contributed by atoms with Crippen molar-refractivity contribution in [2.75, 3.05) is 39.4 Å². The molecular weight excluding hydrogens is 220 g/mol. The SMILES string of the molecule is CCCC(CN)(CCN1CCOCC1)C(=O)O. The number of nitrogens with two attached hydrogens (primary N) is 1. The van der Waals surface area contributed by atoms with Crippen LogP contribution in [-0.2, 0) is 9.53 Å².